The van der Waals surface area contributed by atoms with Gasteiger partial charge in [0.25, 0.3) is 0 Å². The molecular weight excluding hydrogens is 864 g/mol. The molecule has 0 aliphatic heterocycles. The molecule has 8 aliphatic rings. The van der Waals surface area contributed by atoms with Crippen molar-refractivity contribution in [2.75, 3.05) is 7.11 Å². The van der Waals surface area contributed by atoms with Gasteiger partial charge in [0.1, 0.15) is 11.9 Å². The van der Waals surface area contributed by atoms with Gasteiger partial charge in [-0.1, -0.05) is 70.8 Å². The van der Waals surface area contributed by atoms with Crippen LogP contribution in [-0.4, -0.2) is 68.4 Å². The van der Waals surface area contributed by atoms with Crippen LogP contribution in [0.2, 0.25) is 0 Å². The summed E-state index contributed by atoms with van der Waals surface area (Å²) in [7, 11) is 1.48. The minimum atomic E-state index is -0.943. The van der Waals surface area contributed by atoms with E-state index in [4.69, 9.17) is 9.84 Å². The fourth-order valence-electron chi connectivity index (χ4n) is 17.3. The number of fused-ring (bicyclic) bond motifs is 10. The molecule has 342 valence electrons. The van der Waals surface area contributed by atoms with E-state index < -0.39 is 18.2 Å². The number of aliphatic hydroxyl groups is 2. The van der Waals surface area contributed by atoms with E-state index in [1.165, 1.54) is 52.1 Å². The first kappa shape index (κ1) is 52.2. The van der Waals surface area contributed by atoms with Crippen molar-refractivity contribution in [3.63, 3.8) is 0 Å². The Kier molecular flexibility index (Phi) is 17.0. The summed E-state index contributed by atoms with van der Waals surface area (Å²) in [5.74, 6) is 4.64. The average molecular weight is 944 g/mol. The van der Waals surface area contributed by atoms with Crippen LogP contribution in [0.3, 0.4) is 0 Å². The van der Waals surface area contributed by atoms with E-state index in [-0.39, 0.29) is 114 Å². The van der Waals surface area contributed by atoms with Crippen LogP contribution in [0.1, 0.15) is 164 Å². The summed E-state index contributed by atoms with van der Waals surface area (Å²) in [6.07, 6.45) is 16.1. The minimum Gasteiger partial charge on any atom is -0.870 e. The second-order valence-electron chi connectivity index (χ2n) is 23.1. The van der Waals surface area contributed by atoms with Crippen molar-refractivity contribution in [3.05, 3.63) is 0 Å². The standard InChI is InChI=1S/C26H41BrO3.C24H38O5.K.H2O/c1-15-10-12-26(4)19-11-13-25(3)17(16(2)6-9-21(28)30-5)7-8-18(25)22(19)24(29)23(27)20(26)14-15;1-13(4-7-19(26)27)15-5-6-16-20-17(9-11-23(15,16)2)24(3)10-8-14(25)12-18(24)21(28)22(20)29;;/h15-20,22-23H,6-14H2,1-5H3;13-18,20-21,25,28H,4-12H2,1-3H3,(H,26,27);;1H2/q;;+1;/p-1/t15-,16-,17-,18+,19+,20+,22+,23-,25-,26-;13-,14-,15-,16+,17+,18+,20+,21-,23-,24-;;/m11../s1. The molecule has 0 amide bonds. The Hall–Kier alpha value is 0.276. The number of methoxy groups -OCH3 is 1. The van der Waals surface area contributed by atoms with Gasteiger partial charge in [0.15, 0.2) is 5.78 Å². The molecule has 0 radical (unpaired) electrons. The predicted octanol–water partition coefficient (Wildman–Crippen LogP) is 6.91. The molecule has 8 rings (SSSR count). The first-order chi connectivity index (χ1) is 27.7. The number of carboxylic acids is 1. The van der Waals surface area contributed by atoms with Crippen LogP contribution < -0.4 is 51.4 Å². The third-order valence-corrected chi connectivity index (χ3v) is 21.7. The van der Waals surface area contributed by atoms with Crippen LogP contribution in [0, 0.1) is 98.6 Å². The maximum Gasteiger partial charge on any atom is 1.00 e. The summed E-state index contributed by atoms with van der Waals surface area (Å²) in [5.41, 5.74) is 0.552. The maximum atomic E-state index is 13.8. The van der Waals surface area contributed by atoms with Crippen molar-refractivity contribution in [1.29, 1.82) is 0 Å². The van der Waals surface area contributed by atoms with Crippen LogP contribution in [0.25, 0.3) is 0 Å². The number of carboxylic acid groups (broad SMARTS) is 1. The van der Waals surface area contributed by atoms with E-state index in [9.17, 15) is 29.4 Å². The molecule has 0 heterocycles. The van der Waals surface area contributed by atoms with Crippen LogP contribution in [0.4, 0.5) is 0 Å². The van der Waals surface area contributed by atoms with Crippen molar-refractivity contribution >= 4 is 39.4 Å². The van der Waals surface area contributed by atoms with Gasteiger partial charge in [-0.25, -0.2) is 0 Å². The van der Waals surface area contributed by atoms with Crippen LogP contribution in [0.15, 0.2) is 0 Å². The normalized spacial score (nSPS) is 48.0. The van der Waals surface area contributed by atoms with Gasteiger partial charge >= 0.3 is 63.3 Å². The Bertz CT molecular complexity index is 1610. The number of esters is 1. The van der Waals surface area contributed by atoms with Gasteiger partial charge in [0.2, 0.25) is 0 Å². The Morgan fingerprint density at radius 3 is 1.66 bits per heavy atom. The summed E-state index contributed by atoms with van der Waals surface area (Å²) in [4.78, 5) is 50.0. The van der Waals surface area contributed by atoms with Gasteiger partial charge in [-0.15, -0.1) is 0 Å². The molecule has 11 heteroatoms. The van der Waals surface area contributed by atoms with Crippen molar-refractivity contribution in [2.45, 2.75) is 181 Å². The number of Topliss-reactive ketones (excluding diaryl/α,β-unsaturated/α-hetero) is 2. The molecule has 4 N–H and O–H groups in total. The van der Waals surface area contributed by atoms with E-state index in [1.807, 2.05) is 0 Å². The summed E-state index contributed by atoms with van der Waals surface area (Å²) in [6.45, 7) is 16.5. The minimum absolute atomic E-state index is 0. The van der Waals surface area contributed by atoms with E-state index in [1.54, 1.807) is 0 Å². The molecule has 8 aliphatic carbocycles. The topological polar surface area (TPSA) is 168 Å². The zero-order valence-electron chi connectivity index (χ0n) is 39.2. The monoisotopic (exact) mass is 942 g/mol. The van der Waals surface area contributed by atoms with Crippen molar-refractivity contribution in [1.82, 2.24) is 0 Å². The average Bonchev–Trinajstić information content (AvgIpc) is 3.75. The smallest absolute Gasteiger partial charge is 0.870 e. The molecule has 8 saturated carbocycles. The fraction of sp³-hybridized carbons (Fsp3) is 0.920. The van der Waals surface area contributed by atoms with Gasteiger partial charge in [0, 0.05) is 30.6 Å². The number of halogens is 1. The van der Waals surface area contributed by atoms with Gasteiger partial charge in [0.05, 0.1) is 18.0 Å². The maximum absolute atomic E-state index is 13.8. The third kappa shape index (κ3) is 9.06. The zero-order chi connectivity index (χ0) is 43.0. The van der Waals surface area contributed by atoms with Crippen LogP contribution >= 0.6 is 15.9 Å². The molecule has 8 fully saturated rings. The van der Waals surface area contributed by atoms with E-state index in [0.717, 1.165) is 50.9 Å². The van der Waals surface area contributed by atoms with Gasteiger partial charge in [-0.3, -0.25) is 19.2 Å². The number of ether oxygens (including phenoxy) is 1. The second-order valence-corrected chi connectivity index (χ2v) is 24.1. The van der Waals surface area contributed by atoms with Crippen molar-refractivity contribution in [3.8, 4) is 0 Å². The number of carbonyl (C=O) groups is 4. The Morgan fingerprint density at radius 1 is 0.672 bits per heavy atom. The van der Waals surface area contributed by atoms with Gasteiger partial charge < -0.3 is 25.5 Å². The quantitative estimate of drug-likeness (QED) is 0.133. The fourth-order valence-corrected chi connectivity index (χ4v) is 18.4. The molecule has 0 spiro atoms. The number of hydrogen-bond donors (Lipinski definition) is 3. The molecular formula is C50H80BrKO9. The summed E-state index contributed by atoms with van der Waals surface area (Å²) >= 11 is 3.93. The third-order valence-electron chi connectivity index (χ3n) is 20.6. The number of carbonyl (C=O) groups excluding carboxylic acids is 3. The first-order valence-electron chi connectivity index (χ1n) is 24.1. The molecule has 0 aromatic heterocycles. The second kappa shape index (κ2) is 19.9. The Morgan fingerprint density at radius 2 is 1.13 bits per heavy atom. The molecule has 0 unspecified atom stereocenters. The molecule has 0 aromatic carbocycles. The largest absolute Gasteiger partial charge is 1.00 e. The van der Waals surface area contributed by atoms with Crippen LogP contribution in [-0.2, 0) is 23.9 Å². The molecule has 20 atom stereocenters. The van der Waals surface area contributed by atoms with E-state index >= 15 is 0 Å². The van der Waals surface area contributed by atoms with Crippen molar-refractivity contribution in [2.24, 2.45) is 98.6 Å². The summed E-state index contributed by atoms with van der Waals surface area (Å²) in [5, 5.41) is 30.3. The number of ketones is 2. The van der Waals surface area contributed by atoms with E-state index in [2.05, 4.69) is 64.4 Å². The molecule has 0 saturated heterocycles. The Labute approximate surface area is 418 Å². The van der Waals surface area contributed by atoms with E-state index in [0.29, 0.717) is 83.7 Å². The molecule has 0 bridgehead atoms. The number of alkyl halides is 1. The van der Waals surface area contributed by atoms with Gasteiger partial charge in [-0.2, -0.15) is 0 Å². The number of aliphatic carboxylic acids is 1. The first-order valence-corrected chi connectivity index (χ1v) is 25.0. The number of aliphatic hydroxyl groups excluding tert-OH is 2. The van der Waals surface area contributed by atoms with Crippen LogP contribution in [0.5, 0.6) is 0 Å². The number of rotatable bonds is 8. The molecule has 9 nitrogen and oxygen atoms in total. The zero-order valence-corrected chi connectivity index (χ0v) is 43.9. The Balaban J connectivity index is 0.000000224. The molecule has 0 aromatic rings. The predicted molar refractivity (Wildman–Crippen MR) is 234 cm³/mol. The SMILES string of the molecule is COC(=O)CC[C@@H](C)[C@H]1CC[C@H]2[C@@H]3C(=O)[C@H](Br)[C@@H]4C[C@H](C)CC[C@]4(C)[C@H]3CC[C@]12C.C[C@H](CCC(=O)O)[C@H]1CC[C@H]2[C@@H]3C(=O)[C@H](O)[C@@H]4C[C@H](O)CC[C@]4(C)[C@H]3CC[C@]12C.[K+].[OH-]. The summed E-state index contributed by atoms with van der Waals surface area (Å²) < 4.78 is 4.87. The van der Waals surface area contributed by atoms with Crippen molar-refractivity contribution < 1.29 is 96.1 Å². The molecule has 61 heavy (non-hydrogen) atoms. The number of hydrogen-bond acceptors (Lipinski definition) is 8. The van der Waals surface area contributed by atoms with Gasteiger partial charge in [-0.05, 0) is 177 Å². The summed E-state index contributed by atoms with van der Waals surface area (Å²) in [6, 6.07) is 0.